The Bertz CT molecular complexity index is 358. The zero-order valence-electron chi connectivity index (χ0n) is 12.0. The SMILES string of the molecule is CCCNC1CCC(Cc2cnn(CC)c2)C1C. The van der Waals surface area contributed by atoms with Gasteiger partial charge < -0.3 is 5.32 Å². The largest absolute Gasteiger partial charge is 0.314 e. The van der Waals surface area contributed by atoms with Crippen LogP contribution in [0, 0.1) is 11.8 Å². The molecule has 0 saturated heterocycles. The van der Waals surface area contributed by atoms with Gasteiger partial charge in [-0.25, -0.2) is 0 Å². The van der Waals surface area contributed by atoms with Crippen LogP contribution in [0.5, 0.6) is 0 Å². The van der Waals surface area contributed by atoms with E-state index in [0.29, 0.717) is 0 Å². The van der Waals surface area contributed by atoms with Gasteiger partial charge >= 0.3 is 0 Å². The van der Waals surface area contributed by atoms with Crippen molar-refractivity contribution in [3.05, 3.63) is 18.0 Å². The molecule has 1 fully saturated rings. The number of nitrogens with one attached hydrogen (secondary N) is 1. The molecule has 1 saturated carbocycles. The summed E-state index contributed by atoms with van der Waals surface area (Å²) in [5.74, 6) is 1.62. The van der Waals surface area contributed by atoms with Gasteiger partial charge in [0.15, 0.2) is 0 Å². The number of aryl methyl sites for hydroxylation is 1. The highest BCUT2D eigenvalue weighted by Crippen LogP contribution is 2.34. The molecular weight excluding hydrogens is 222 g/mol. The fourth-order valence-corrected chi connectivity index (χ4v) is 3.14. The first-order valence-corrected chi connectivity index (χ1v) is 7.49. The lowest BCUT2D eigenvalue weighted by atomic mass is 9.90. The second-order valence-corrected chi connectivity index (χ2v) is 5.67. The van der Waals surface area contributed by atoms with Gasteiger partial charge in [-0.3, -0.25) is 4.68 Å². The van der Waals surface area contributed by atoms with Crippen molar-refractivity contribution in [2.45, 2.75) is 59.0 Å². The van der Waals surface area contributed by atoms with E-state index in [2.05, 4.69) is 37.4 Å². The fourth-order valence-electron chi connectivity index (χ4n) is 3.14. The molecule has 1 N–H and O–H groups in total. The Balaban J connectivity index is 1.87. The Hall–Kier alpha value is -0.830. The van der Waals surface area contributed by atoms with Crippen LogP contribution in [0.1, 0.15) is 45.6 Å². The van der Waals surface area contributed by atoms with Gasteiger partial charge in [0.2, 0.25) is 0 Å². The molecule has 1 aromatic rings. The van der Waals surface area contributed by atoms with E-state index in [1.165, 1.54) is 31.2 Å². The van der Waals surface area contributed by atoms with Crippen molar-refractivity contribution < 1.29 is 0 Å². The molecule has 1 aliphatic carbocycles. The minimum Gasteiger partial charge on any atom is -0.314 e. The molecule has 3 heteroatoms. The first-order valence-electron chi connectivity index (χ1n) is 7.49. The molecule has 18 heavy (non-hydrogen) atoms. The molecule has 0 aliphatic heterocycles. The summed E-state index contributed by atoms with van der Waals surface area (Å²) in [6.45, 7) is 8.93. The molecule has 2 rings (SSSR count). The lowest BCUT2D eigenvalue weighted by molar-refractivity contribution is 0.351. The predicted molar refractivity (Wildman–Crippen MR) is 75.6 cm³/mol. The average Bonchev–Trinajstić information content (AvgIpc) is 2.96. The number of rotatable bonds is 6. The number of hydrogen-bond acceptors (Lipinski definition) is 2. The topological polar surface area (TPSA) is 29.9 Å². The van der Waals surface area contributed by atoms with Gasteiger partial charge in [0.05, 0.1) is 6.20 Å². The van der Waals surface area contributed by atoms with Gasteiger partial charge in [0, 0.05) is 18.8 Å². The minimum atomic E-state index is 0.733. The third-order valence-electron chi connectivity index (χ3n) is 4.39. The van der Waals surface area contributed by atoms with Gasteiger partial charge in [-0.2, -0.15) is 5.10 Å². The highest BCUT2D eigenvalue weighted by molar-refractivity contribution is 5.07. The van der Waals surface area contributed by atoms with Crippen LogP contribution in [-0.2, 0) is 13.0 Å². The van der Waals surface area contributed by atoms with Gasteiger partial charge in [-0.1, -0.05) is 13.8 Å². The summed E-state index contributed by atoms with van der Waals surface area (Å²) < 4.78 is 2.03. The van der Waals surface area contributed by atoms with Crippen LogP contribution in [0.2, 0.25) is 0 Å². The summed E-state index contributed by atoms with van der Waals surface area (Å²) in [5, 5.41) is 8.06. The smallest absolute Gasteiger partial charge is 0.0521 e. The Morgan fingerprint density at radius 2 is 2.22 bits per heavy atom. The van der Waals surface area contributed by atoms with Crippen LogP contribution in [-0.4, -0.2) is 22.4 Å². The van der Waals surface area contributed by atoms with E-state index in [-0.39, 0.29) is 0 Å². The van der Waals surface area contributed by atoms with Crippen LogP contribution in [0.4, 0.5) is 0 Å². The number of nitrogens with zero attached hydrogens (tertiary/aromatic N) is 2. The molecule has 102 valence electrons. The van der Waals surface area contributed by atoms with E-state index in [1.54, 1.807) is 0 Å². The highest BCUT2D eigenvalue weighted by atomic mass is 15.3. The van der Waals surface area contributed by atoms with Crippen LogP contribution in [0.25, 0.3) is 0 Å². The first-order chi connectivity index (χ1) is 8.74. The second kappa shape index (κ2) is 6.37. The molecule has 0 bridgehead atoms. The molecule has 3 unspecified atom stereocenters. The molecular formula is C15H27N3. The minimum absolute atomic E-state index is 0.733. The number of aromatic nitrogens is 2. The third-order valence-corrected chi connectivity index (χ3v) is 4.39. The molecule has 1 aromatic heterocycles. The molecule has 1 aliphatic rings. The maximum Gasteiger partial charge on any atom is 0.0521 e. The Kier molecular flexibility index (Phi) is 4.81. The van der Waals surface area contributed by atoms with Gasteiger partial charge in [0.1, 0.15) is 0 Å². The van der Waals surface area contributed by atoms with E-state index in [4.69, 9.17) is 0 Å². The third kappa shape index (κ3) is 3.14. The fraction of sp³-hybridized carbons (Fsp3) is 0.800. The predicted octanol–water partition coefficient (Wildman–Crippen LogP) is 2.86. The van der Waals surface area contributed by atoms with Crippen molar-refractivity contribution >= 4 is 0 Å². The monoisotopic (exact) mass is 249 g/mol. The van der Waals surface area contributed by atoms with Crippen LogP contribution < -0.4 is 5.32 Å². The van der Waals surface area contributed by atoms with Crippen molar-refractivity contribution in [1.82, 2.24) is 15.1 Å². The van der Waals surface area contributed by atoms with Gasteiger partial charge in [-0.05, 0) is 56.6 Å². The molecule has 0 aromatic carbocycles. The quantitative estimate of drug-likeness (QED) is 0.840. The van der Waals surface area contributed by atoms with Crippen molar-refractivity contribution in [1.29, 1.82) is 0 Å². The summed E-state index contributed by atoms with van der Waals surface area (Å²) in [7, 11) is 0. The summed E-state index contributed by atoms with van der Waals surface area (Å²) in [6.07, 6.45) is 9.39. The molecule has 3 nitrogen and oxygen atoms in total. The molecule has 1 heterocycles. The molecule has 0 amide bonds. The second-order valence-electron chi connectivity index (χ2n) is 5.67. The zero-order valence-corrected chi connectivity index (χ0v) is 12.0. The molecule has 0 spiro atoms. The summed E-state index contributed by atoms with van der Waals surface area (Å²) in [5.41, 5.74) is 1.41. The maximum atomic E-state index is 4.37. The van der Waals surface area contributed by atoms with E-state index in [0.717, 1.165) is 31.0 Å². The van der Waals surface area contributed by atoms with Crippen LogP contribution >= 0.6 is 0 Å². The average molecular weight is 249 g/mol. The summed E-state index contributed by atoms with van der Waals surface area (Å²) >= 11 is 0. The number of hydrogen-bond donors (Lipinski definition) is 1. The van der Waals surface area contributed by atoms with Gasteiger partial charge in [-0.15, -0.1) is 0 Å². The Labute approximate surface area is 111 Å². The van der Waals surface area contributed by atoms with Crippen molar-refractivity contribution in [2.24, 2.45) is 11.8 Å². The highest BCUT2D eigenvalue weighted by Gasteiger charge is 2.32. The standard InChI is InChI=1S/C15H27N3/c1-4-8-16-15-7-6-14(12(15)3)9-13-10-17-18(5-2)11-13/h10-12,14-16H,4-9H2,1-3H3. The van der Waals surface area contributed by atoms with Crippen molar-refractivity contribution in [3.63, 3.8) is 0 Å². The van der Waals surface area contributed by atoms with E-state index in [9.17, 15) is 0 Å². The summed E-state index contributed by atoms with van der Waals surface area (Å²) in [6, 6.07) is 0.733. The van der Waals surface area contributed by atoms with Crippen molar-refractivity contribution in [3.8, 4) is 0 Å². The maximum absolute atomic E-state index is 4.37. The van der Waals surface area contributed by atoms with Crippen LogP contribution in [0.15, 0.2) is 12.4 Å². The van der Waals surface area contributed by atoms with E-state index >= 15 is 0 Å². The molecule has 3 atom stereocenters. The van der Waals surface area contributed by atoms with E-state index in [1.807, 2.05) is 10.9 Å². The first kappa shape index (κ1) is 13.6. The van der Waals surface area contributed by atoms with Crippen molar-refractivity contribution in [2.75, 3.05) is 6.54 Å². The van der Waals surface area contributed by atoms with Gasteiger partial charge in [0.25, 0.3) is 0 Å². The van der Waals surface area contributed by atoms with E-state index < -0.39 is 0 Å². The van der Waals surface area contributed by atoms with Crippen LogP contribution in [0.3, 0.4) is 0 Å². The normalized spacial score (nSPS) is 27.8. The molecule has 0 radical (unpaired) electrons. The Morgan fingerprint density at radius 1 is 1.39 bits per heavy atom. The summed E-state index contributed by atoms with van der Waals surface area (Å²) in [4.78, 5) is 0. The lowest BCUT2D eigenvalue weighted by Gasteiger charge is -2.21. The zero-order chi connectivity index (χ0) is 13.0. The lowest BCUT2D eigenvalue weighted by Crippen LogP contribution is -2.33. The Morgan fingerprint density at radius 3 is 2.89 bits per heavy atom.